The van der Waals surface area contributed by atoms with Crippen molar-refractivity contribution in [1.82, 2.24) is 5.32 Å². The third-order valence-corrected chi connectivity index (χ3v) is 4.09. The summed E-state index contributed by atoms with van der Waals surface area (Å²) in [4.78, 5) is 0. The third-order valence-electron chi connectivity index (χ3n) is 2.46. The van der Waals surface area contributed by atoms with Crippen LogP contribution in [0.3, 0.4) is 0 Å². The first-order chi connectivity index (χ1) is 7.63. The number of halogens is 1. The topological polar surface area (TPSA) is 12.0 Å². The molecular formula is C13H20ClNS. The highest BCUT2D eigenvalue weighted by molar-refractivity contribution is 7.99. The summed E-state index contributed by atoms with van der Waals surface area (Å²) in [5, 5.41) is 4.91. The maximum atomic E-state index is 6.15. The Morgan fingerprint density at radius 2 is 2.00 bits per heavy atom. The first-order valence-corrected chi connectivity index (χ1v) is 7.08. The average molecular weight is 258 g/mol. The fourth-order valence-electron chi connectivity index (χ4n) is 1.48. The van der Waals surface area contributed by atoms with Crippen molar-refractivity contribution in [3.63, 3.8) is 0 Å². The van der Waals surface area contributed by atoms with Crippen LogP contribution in [0, 0.1) is 0 Å². The molecule has 0 heterocycles. The van der Waals surface area contributed by atoms with E-state index in [0.717, 1.165) is 17.2 Å². The minimum Gasteiger partial charge on any atom is -0.316 e. The van der Waals surface area contributed by atoms with Gasteiger partial charge in [0, 0.05) is 16.8 Å². The zero-order valence-corrected chi connectivity index (χ0v) is 11.7. The molecule has 1 nitrogen and oxygen atoms in total. The molecule has 1 aromatic rings. The second-order valence-corrected chi connectivity index (χ2v) is 6.18. The van der Waals surface area contributed by atoms with Crippen molar-refractivity contribution in [1.29, 1.82) is 0 Å². The normalized spacial score (nSPS) is 13.1. The van der Waals surface area contributed by atoms with Gasteiger partial charge < -0.3 is 5.32 Å². The largest absolute Gasteiger partial charge is 0.316 e. The Bertz CT molecular complexity index is 315. The van der Waals surface area contributed by atoms with Crippen molar-refractivity contribution in [2.24, 2.45) is 0 Å². The monoisotopic (exact) mass is 257 g/mol. The molecule has 1 aromatic carbocycles. The molecule has 0 amide bonds. The molecule has 0 saturated carbocycles. The first kappa shape index (κ1) is 13.9. The molecule has 0 aromatic heterocycles. The summed E-state index contributed by atoms with van der Waals surface area (Å²) in [5.74, 6) is 1.12. The van der Waals surface area contributed by atoms with Gasteiger partial charge in [-0.05, 0) is 30.3 Å². The van der Waals surface area contributed by atoms with Crippen molar-refractivity contribution >= 4 is 23.4 Å². The number of hydrogen-bond donors (Lipinski definition) is 1. The maximum absolute atomic E-state index is 6.15. The van der Waals surface area contributed by atoms with E-state index in [1.165, 1.54) is 5.56 Å². The minimum atomic E-state index is 0.493. The summed E-state index contributed by atoms with van der Waals surface area (Å²) < 4.78 is 0. The number of nitrogens with one attached hydrogen (secondary N) is 1. The molecule has 0 fully saturated rings. The number of hydrogen-bond acceptors (Lipinski definition) is 2. The molecule has 1 N–H and O–H groups in total. The van der Waals surface area contributed by atoms with Crippen molar-refractivity contribution in [3.05, 3.63) is 34.9 Å². The van der Waals surface area contributed by atoms with Gasteiger partial charge in [-0.15, -0.1) is 0 Å². The van der Waals surface area contributed by atoms with Crippen LogP contribution >= 0.6 is 23.4 Å². The maximum Gasteiger partial charge on any atom is 0.0438 e. The van der Waals surface area contributed by atoms with Gasteiger partial charge in [-0.25, -0.2) is 0 Å². The van der Waals surface area contributed by atoms with Crippen LogP contribution in [0.2, 0.25) is 5.02 Å². The van der Waals surface area contributed by atoms with Gasteiger partial charge in [-0.3, -0.25) is 0 Å². The highest BCUT2D eigenvalue weighted by atomic mass is 35.5. The van der Waals surface area contributed by atoms with Crippen LogP contribution < -0.4 is 5.32 Å². The fourth-order valence-corrected chi connectivity index (χ4v) is 2.60. The van der Waals surface area contributed by atoms with E-state index < -0.39 is 0 Å². The predicted molar refractivity (Wildman–Crippen MR) is 75.6 cm³/mol. The highest BCUT2D eigenvalue weighted by Crippen LogP contribution is 2.19. The van der Waals surface area contributed by atoms with Crippen molar-refractivity contribution in [3.8, 4) is 0 Å². The van der Waals surface area contributed by atoms with Gasteiger partial charge in [0.1, 0.15) is 0 Å². The van der Waals surface area contributed by atoms with E-state index in [4.69, 9.17) is 11.6 Å². The van der Waals surface area contributed by atoms with Crippen molar-refractivity contribution < 1.29 is 0 Å². The Morgan fingerprint density at radius 3 is 2.56 bits per heavy atom. The van der Waals surface area contributed by atoms with E-state index in [2.05, 4.69) is 25.2 Å². The number of benzene rings is 1. The molecule has 0 aliphatic rings. The van der Waals surface area contributed by atoms with Gasteiger partial charge >= 0.3 is 0 Å². The number of likely N-dealkylation sites (N-methyl/N-ethyl adjacent to an activating group) is 1. The van der Waals surface area contributed by atoms with E-state index >= 15 is 0 Å². The summed E-state index contributed by atoms with van der Waals surface area (Å²) >= 11 is 8.14. The summed E-state index contributed by atoms with van der Waals surface area (Å²) in [6.07, 6.45) is 0.996. The second kappa shape index (κ2) is 7.21. The van der Waals surface area contributed by atoms with Crippen LogP contribution in [0.25, 0.3) is 0 Å². The number of thioether (sulfide) groups is 1. The number of rotatable bonds is 6. The molecule has 0 bridgehead atoms. The summed E-state index contributed by atoms with van der Waals surface area (Å²) in [7, 11) is 2.02. The van der Waals surface area contributed by atoms with E-state index in [9.17, 15) is 0 Å². The molecule has 0 radical (unpaired) electrons. The zero-order chi connectivity index (χ0) is 12.0. The second-order valence-electron chi connectivity index (χ2n) is 4.16. The van der Waals surface area contributed by atoms with E-state index in [-0.39, 0.29) is 0 Å². The average Bonchev–Trinajstić information content (AvgIpc) is 2.26. The molecule has 1 unspecified atom stereocenters. The lowest BCUT2D eigenvalue weighted by molar-refractivity contribution is 0.616. The Morgan fingerprint density at radius 1 is 1.31 bits per heavy atom. The Balaban J connectivity index is 2.53. The SMILES string of the molecule is CNC(CSC(C)C)Cc1ccccc1Cl. The molecule has 1 rings (SSSR count). The first-order valence-electron chi connectivity index (χ1n) is 5.65. The Kier molecular flexibility index (Phi) is 6.25. The van der Waals surface area contributed by atoms with Crippen LogP contribution in [0.5, 0.6) is 0 Å². The van der Waals surface area contributed by atoms with Gasteiger partial charge in [0.05, 0.1) is 0 Å². The lowest BCUT2D eigenvalue weighted by atomic mass is 10.1. The zero-order valence-electron chi connectivity index (χ0n) is 10.2. The molecule has 0 aliphatic heterocycles. The van der Waals surface area contributed by atoms with Crippen LogP contribution in [-0.4, -0.2) is 24.1 Å². The molecule has 0 saturated heterocycles. The third kappa shape index (κ3) is 4.77. The minimum absolute atomic E-state index is 0.493. The van der Waals surface area contributed by atoms with E-state index in [1.807, 2.05) is 37.0 Å². The fraction of sp³-hybridized carbons (Fsp3) is 0.538. The smallest absolute Gasteiger partial charge is 0.0438 e. The standard InChI is InChI=1S/C13H20ClNS/c1-10(2)16-9-12(15-3)8-11-6-4-5-7-13(11)14/h4-7,10,12,15H,8-9H2,1-3H3. The van der Waals surface area contributed by atoms with E-state index in [1.54, 1.807) is 0 Å². The van der Waals surface area contributed by atoms with Gasteiger partial charge in [0.2, 0.25) is 0 Å². The summed E-state index contributed by atoms with van der Waals surface area (Å²) in [6.45, 7) is 4.46. The van der Waals surface area contributed by atoms with Gasteiger partial charge in [0.25, 0.3) is 0 Å². The predicted octanol–water partition coefficient (Wildman–Crippen LogP) is 3.61. The Hall–Kier alpha value is -0.180. The molecule has 0 aliphatic carbocycles. The summed E-state index contributed by atoms with van der Waals surface area (Å²) in [5.41, 5.74) is 1.23. The van der Waals surface area contributed by atoms with Crippen molar-refractivity contribution in [2.45, 2.75) is 31.6 Å². The van der Waals surface area contributed by atoms with Crippen LogP contribution in [0.4, 0.5) is 0 Å². The lowest BCUT2D eigenvalue weighted by Gasteiger charge is -2.17. The molecule has 1 atom stereocenters. The van der Waals surface area contributed by atoms with Crippen LogP contribution in [0.15, 0.2) is 24.3 Å². The van der Waals surface area contributed by atoms with Crippen LogP contribution in [0.1, 0.15) is 19.4 Å². The lowest BCUT2D eigenvalue weighted by Crippen LogP contribution is -2.30. The van der Waals surface area contributed by atoms with Crippen molar-refractivity contribution in [2.75, 3.05) is 12.8 Å². The quantitative estimate of drug-likeness (QED) is 0.836. The molecule has 16 heavy (non-hydrogen) atoms. The highest BCUT2D eigenvalue weighted by Gasteiger charge is 2.10. The van der Waals surface area contributed by atoms with E-state index in [0.29, 0.717) is 11.3 Å². The molecule has 90 valence electrons. The molecule has 3 heteroatoms. The van der Waals surface area contributed by atoms with Gasteiger partial charge in [-0.1, -0.05) is 43.6 Å². The molecule has 0 spiro atoms. The van der Waals surface area contributed by atoms with Crippen LogP contribution in [-0.2, 0) is 6.42 Å². The Labute approximate surface area is 108 Å². The summed E-state index contributed by atoms with van der Waals surface area (Å²) in [6, 6.07) is 8.57. The van der Waals surface area contributed by atoms with Gasteiger partial charge in [0.15, 0.2) is 0 Å². The molecular weight excluding hydrogens is 238 g/mol. The van der Waals surface area contributed by atoms with Gasteiger partial charge in [-0.2, -0.15) is 11.8 Å².